The second kappa shape index (κ2) is 7.96. The Morgan fingerprint density at radius 2 is 2.10 bits per heavy atom. The number of nitrogens with one attached hydrogen (secondary N) is 1. The molecule has 118 valence electrons. The lowest BCUT2D eigenvalue weighted by Gasteiger charge is -2.37. The van der Waals surface area contributed by atoms with Crippen molar-refractivity contribution in [3.8, 4) is 0 Å². The van der Waals surface area contributed by atoms with Crippen molar-refractivity contribution in [2.75, 3.05) is 39.8 Å². The highest BCUT2D eigenvalue weighted by Crippen LogP contribution is 2.15. The van der Waals surface area contributed by atoms with E-state index in [2.05, 4.69) is 29.1 Å². The number of rotatable bonds is 8. The lowest BCUT2D eigenvalue weighted by atomic mass is 9.94. The number of likely N-dealkylation sites (N-methyl/N-ethyl adjacent to an activating group) is 2. The smallest absolute Gasteiger partial charge is 0.323 e. The first-order chi connectivity index (χ1) is 9.39. The van der Waals surface area contributed by atoms with Crippen LogP contribution in [0.1, 0.15) is 40.0 Å². The first kappa shape index (κ1) is 17.4. The third-order valence-electron chi connectivity index (χ3n) is 4.48. The number of hydrogen-bond acceptors (Lipinski definition) is 4. The number of piperazine rings is 1. The first-order valence-corrected chi connectivity index (χ1v) is 7.80. The Morgan fingerprint density at radius 3 is 2.65 bits per heavy atom. The fourth-order valence-electron chi connectivity index (χ4n) is 2.80. The molecule has 0 spiro atoms. The molecule has 1 aliphatic heterocycles. The maximum absolute atomic E-state index is 11.3. The summed E-state index contributed by atoms with van der Waals surface area (Å²) in [5.41, 5.74) is -0.774. The predicted molar refractivity (Wildman–Crippen MR) is 82.1 cm³/mol. The molecular weight excluding hydrogens is 254 g/mol. The minimum absolute atomic E-state index is 0.620. The van der Waals surface area contributed by atoms with Gasteiger partial charge in [0.1, 0.15) is 5.54 Å². The highest BCUT2D eigenvalue weighted by atomic mass is 16.4. The van der Waals surface area contributed by atoms with Gasteiger partial charge in [-0.3, -0.25) is 4.79 Å². The van der Waals surface area contributed by atoms with Crippen LogP contribution in [0.25, 0.3) is 0 Å². The number of nitrogens with zero attached hydrogens (tertiary/aromatic N) is 2. The molecule has 1 rings (SSSR count). The molecule has 0 radical (unpaired) electrons. The number of aliphatic carboxylic acids is 1. The number of carbonyl (C=O) groups is 1. The lowest BCUT2D eigenvalue weighted by Crippen LogP contribution is -2.50. The molecule has 2 N–H and O–H groups in total. The lowest BCUT2D eigenvalue weighted by molar-refractivity contribution is -0.144. The summed E-state index contributed by atoms with van der Waals surface area (Å²) < 4.78 is 0. The molecule has 0 aromatic rings. The molecule has 20 heavy (non-hydrogen) atoms. The number of carboxylic acid groups (broad SMARTS) is 1. The van der Waals surface area contributed by atoms with E-state index in [1.165, 1.54) is 0 Å². The van der Waals surface area contributed by atoms with Gasteiger partial charge in [0.25, 0.3) is 0 Å². The van der Waals surface area contributed by atoms with Crippen molar-refractivity contribution in [1.29, 1.82) is 0 Å². The van der Waals surface area contributed by atoms with Crippen LogP contribution >= 0.6 is 0 Å². The average Bonchev–Trinajstić information content (AvgIpc) is 2.39. The van der Waals surface area contributed by atoms with Gasteiger partial charge >= 0.3 is 5.97 Å². The number of carboxylic acids is 1. The van der Waals surface area contributed by atoms with Gasteiger partial charge in [0.05, 0.1) is 0 Å². The Bertz CT molecular complexity index is 311. The third kappa shape index (κ3) is 5.04. The Balaban J connectivity index is 2.25. The topological polar surface area (TPSA) is 55.8 Å². The minimum atomic E-state index is -0.774. The molecule has 0 saturated carbocycles. The monoisotopic (exact) mass is 285 g/mol. The van der Waals surface area contributed by atoms with Gasteiger partial charge in [0.2, 0.25) is 0 Å². The quantitative estimate of drug-likeness (QED) is 0.657. The maximum atomic E-state index is 11.3. The van der Waals surface area contributed by atoms with E-state index in [0.29, 0.717) is 19.0 Å². The van der Waals surface area contributed by atoms with E-state index in [9.17, 15) is 9.90 Å². The van der Waals surface area contributed by atoms with Gasteiger partial charge in [-0.15, -0.1) is 0 Å². The molecule has 2 atom stereocenters. The van der Waals surface area contributed by atoms with Crippen molar-refractivity contribution in [3.63, 3.8) is 0 Å². The highest BCUT2D eigenvalue weighted by molar-refractivity contribution is 5.78. The number of hydrogen-bond donors (Lipinski definition) is 2. The van der Waals surface area contributed by atoms with Crippen LogP contribution in [0, 0.1) is 0 Å². The molecule has 1 aliphatic rings. The summed E-state index contributed by atoms with van der Waals surface area (Å²) in [6.45, 7) is 11.2. The van der Waals surface area contributed by atoms with Gasteiger partial charge in [0, 0.05) is 25.7 Å². The molecule has 1 saturated heterocycles. The van der Waals surface area contributed by atoms with Crippen LogP contribution < -0.4 is 5.32 Å². The van der Waals surface area contributed by atoms with Crippen LogP contribution in [-0.2, 0) is 4.79 Å². The largest absolute Gasteiger partial charge is 0.480 e. The fourth-order valence-corrected chi connectivity index (χ4v) is 2.80. The molecule has 0 aliphatic carbocycles. The summed E-state index contributed by atoms with van der Waals surface area (Å²) in [7, 11) is 2.18. The van der Waals surface area contributed by atoms with E-state index in [-0.39, 0.29) is 0 Å². The van der Waals surface area contributed by atoms with Gasteiger partial charge < -0.3 is 20.2 Å². The van der Waals surface area contributed by atoms with Gasteiger partial charge in [-0.05, 0) is 53.2 Å². The molecule has 0 amide bonds. The SMILES string of the molecule is CCNC(C)(CCCCN1CCN(C)C(C)C1)C(=O)O. The molecule has 2 unspecified atom stereocenters. The molecule has 0 aromatic carbocycles. The normalized spacial score (nSPS) is 24.5. The molecule has 1 fully saturated rings. The standard InChI is InChI=1S/C15H31N3O2/c1-5-16-15(3,14(19)20)8-6-7-9-18-11-10-17(4)13(2)12-18/h13,16H,5-12H2,1-4H3,(H,19,20). The summed E-state index contributed by atoms with van der Waals surface area (Å²) in [4.78, 5) is 16.2. The third-order valence-corrected chi connectivity index (χ3v) is 4.48. The van der Waals surface area contributed by atoms with Crippen molar-refractivity contribution in [2.45, 2.75) is 51.6 Å². The molecule has 0 aromatic heterocycles. The fraction of sp³-hybridized carbons (Fsp3) is 0.933. The van der Waals surface area contributed by atoms with Gasteiger partial charge in [-0.2, -0.15) is 0 Å². The second-order valence-corrected chi connectivity index (χ2v) is 6.25. The van der Waals surface area contributed by atoms with Crippen molar-refractivity contribution < 1.29 is 9.90 Å². The highest BCUT2D eigenvalue weighted by Gasteiger charge is 2.31. The van der Waals surface area contributed by atoms with Crippen LogP contribution in [0.2, 0.25) is 0 Å². The maximum Gasteiger partial charge on any atom is 0.323 e. The van der Waals surface area contributed by atoms with Crippen molar-refractivity contribution in [2.24, 2.45) is 0 Å². The van der Waals surface area contributed by atoms with E-state index in [0.717, 1.165) is 39.0 Å². The zero-order chi connectivity index (χ0) is 15.2. The van der Waals surface area contributed by atoms with E-state index >= 15 is 0 Å². The Morgan fingerprint density at radius 1 is 1.40 bits per heavy atom. The summed E-state index contributed by atoms with van der Waals surface area (Å²) in [6, 6.07) is 0.620. The number of unbranched alkanes of at least 4 members (excludes halogenated alkanes) is 1. The van der Waals surface area contributed by atoms with Gasteiger partial charge in [0.15, 0.2) is 0 Å². The minimum Gasteiger partial charge on any atom is -0.480 e. The summed E-state index contributed by atoms with van der Waals surface area (Å²) >= 11 is 0. The van der Waals surface area contributed by atoms with E-state index in [1.807, 2.05) is 6.92 Å². The summed E-state index contributed by atoms with van der Waals surface area (Å²) in [5, 5.41) is 12.4. The molecule has 1 heterocycles. The van der Waals surface area contributed by atoms with E-state index in [1.54, 1.807) is 6.92 Å². The van der Waals surface area contributed by atoms with E-state index in [4.69, 9.17) is 0 Å². The van der Waals surface area contributed by atoms with Crippen LogP contribution in [0.3, 0.4) is 0 Å². The van der Waals surface area contributed by atoms with E-state index < -0.39 is 11.5 Å². The summed E-state index contributed by atoms with van der Waals surface area (Å²) in [5.74, 6) is -0.743. The zero-order valence-corrected chi connectivity index (χ0v) is 13.5. The average molecular weight is 285 g/mol. The Hall–Kier alpha value is -0.650. The zero-order valence-electron chi connectivity index (χ0n) is 13.5. The molecule has 5 heteroatoms. The van der Waals surface area contributed by atoms with Crippen molar-refractivity contribution in [1.82, 2.24) is 15.1 Å². The van der Waals surface area contributed by atoms with Gasteiger partial charge in [-0.1, -0.05) is 6.92 Å². The van der Waals surface area contributed by atoms with Crippen LogP contribution in [-0.4, -0.2) is 72.2 Å². The molecular formula is C15H31N3O2. The Labute approximate surface area is 123 Å². The predicted octanol–water partition coefficient (Wildman–Crippen LogP) is 1.25. The van der Waals surface area contributed by atoms with Crippen molar-refractivity contribution >= 4 is 5.97 Å². The summed E-state index contributed by atoms with van der Waals surface area (Å²) in [6.07, 6.45) is 2.72. The van der Waals surface area contributed by atoms with Crippen LogP contribution in [0.5, 0.6) is 0 Å². The van der Waals surface area contributed by atoms with Crippen LogP contribution in [0.4, 0.5) is 0 Å². The van der Waals surface area contributed by atoms with Gasteiger partial charge in [-0.25, -0.2) is 0 Å². The van der Waals surface area contributed by atoms with Crippen molar-refractivity contribution in [3.05, 3.63) is 0 Å². The second-order valence-electron chi connectivity index (χ2n) is 6.25. The molecule has 0 bridgehead atoms. The molecule has 5 nitrogen and oxygen atoms in total. The van der Waals surface area contributed by atoms with Crippen LogP contribution in [0.15, 0.2) is 0 Å². The Kier molecular flexibility index (Phi) is 6.92. The first-order valence-electron chi connectivity index (χ1n) is 7.80.